The smallest absolute Gasteiger partial charge is 0.235 e. The van der Waals surface area contributed by atoms with Crippen LogP contribution in [0, 0.1) is 0 Å². The number of sulfonamides is 1. The molecular weight excluding hydrogens is 338 g/mol. The van der Waals surface area contributed by atoms with E-state index < -0.39 is 10.0 Å². The number of hydrogen-bond donors (Lipinski definition) is 2. The monoisotopic (exact) mass is 363 g/mol. The molecule has 1 saturated carbocycles. The maximum Gasteiger partial charge on any atom is 0.235 e. The molecule has 0 bridgehead atoms. The van der Waals surface area contributed by atoms with Crippen LogP contribution in [0.25, 0.3) is 10.9 Å². The predicted octanol–water partition coefficient (Wildman–Crippen LogP) is 2.03. The number of nitrogens with one attached hydrogen (secondary N) is 2. The number of amides is 1. The van der Waals surface area contributed by atoms with Crippen LogP contribution in [0.5, 0.6) is 0 Å². The van der Waals surface area contributed by atoms with Gasteiger partial charge in [-0.25, -0.2) is 8.42 Å². The summed E-state index contributed by atoms with van der Waals surface area (Å²) in [5, 5.41) is 4.01. The minimum atomic E-state index is -3.37. The Hall–Kier alpha value is -1.86. The van der Waals surface area contributed by atoms with Crippen LogP contribution >= 0.6 is 0 Å². The zero-order valence-electron chi connectivity index (χ0n) is 14.5. The van der Waals surface area contributed by atoms with E-state index >= 15 is 0 Å². The van der Waals surface area contributed by atoms with E-state index in [1.165, 1.54) is 10.6 Å². The van der Waals surface area contributed by atoms with Gasteiger partial charge in [-0.3, -0.25) is 4.79 Å². The summed E-state index contributed by atoms with van der Waals surface area (Å²) in [4.78, 5) is 15.4. The number of carbonyl (C=O) groups is 1. The third-order valence-corrected chi connectivity index (χ3v) is 6.13. The number of fused-ring (bicyclic) bond motifs is 1. The lowest BCUT2D eigenvalue weighted by molar-refractivity contribution is -0.121. The minimum Gasteiger partial charge on any atom is -0.361 e. The maximum atomic E-state index is 12.2. The van der Waals surface area contributed by atoms with Crippen molar-refractivity contribution in [1.29, 1.82) is 0 Å². The summed E-state index contributed by atoms with van der Waals surface area (Å²) in [7, 11) is -3.37. The lowest BCUT2D eigenvalue weighted by atomic mass is 10.1. The maximum absolute atomic E-state index is 12.2. The van der Waals surface area contributed by atoms with Crippen LogP contribution in [0.15, 0.2) is 30.5 Å². The van der Waals surface area contributed by atoms with Gasteiger partial charge in [0.1, 0.15) is 0 Å². The molecule has 0 spiro atoms. The molecule has 1 aliphatic rings. The fourth-order valence-electron chi connectivity index (χ4n) is 3.58. The van der Waals surface area contributed by atoms with Gasteiger partial charge >= 0.3 is 0 Å². The topological polar surface area (TPSA) is 82.3 Å². The molecule has 1 aromatic carbocycles. The molecule has 1 aliphatic carbocycles. The molecule has 6 nitrogen and oxygen atoms in total. The number of nitrogens with zero attached hydrogens (tertiary/aromatic N) is 1. The molecule has 1 aromatic heterocycles. The number of aromatic amines is 1. The molecule has 0 atom stereocenters. The summed E-state index contributed by atoms with van der Waals surface area (Å²) in [5.74, 6) is -0.239. The van der Waals surface area contributed by atoms with Crippen molar-refractivity contribution in [3.05, 3.63) is 36.0 Å². The lowest BCUT2D eigenvalue weighted by Gasteiger charge is -2.25. The highest BCUT2D eigenvalue weighted by Crippen LogP contribution is 2.25. The van der Waals surface area contributed by atoms with Gasteiger partial charge in [-0.15, -0.1) is 0 Å². The normalized spacial score (nSPS) is 15.9. The van der Waals surface area contributed by atoms with E-state index in [1.54, 1.807) is 0 Å². The Bertz CT molecular complexity index is 838. The van der Waals surface area contributed by atoms with Crippen molar-refractivity contribution in [2.75, 3.05) is 19.3 Å². The molecule has 1 fully saturated rings. The van der Waals surface area contributed by atoms with Gasteiger partial charge in [0.2, 0.25) is 15.9 Å². The molecule has 2 aromatic rings. The van der Waals surface area contributed by atoms with Gasteiger partial charge in [-0.05, 0) is 30.9 Å². The van der Waals surface area contributed by atoms with Crippen molar-refractivity contribution >= 4 is 26.8 Å². The van der Waals surface area contributed by atoms with Gasteiger partial charge in [0.25, 0.3) is 0 Å². The van der Waals surface area contributed by atoms with Crippen molar-refractivity contribution in [3.8, 4) is 0 Å². The average Bonchev–Trinajstić information content (AvgIpc) is 3.21. The second-order valence-corrected chi connectivity index (χ2v) is 8.64. The molecule has 3 rings (SSSR count). The average molecular weight is 363 g/mol. The fraction of sp³-hybridized carbons (Fsp3) is 0.500. The number of H-pyrrole nitrogens is 1. The number of hydrogen-bond acceptors (Lipinski definition) is 3. The van der Waals surface area contributed by atoms with E-state index in [9.17, 15) is 13.2 Å². The van der Waals surface area contributed by atoms with Crippen LogP contribution in [-0.2, 0) is 21.2 Å². The Labute approximate surface area is 148 Å². The first-order valence-electron chi connectivity index (χ1n) is 8.73. The Kier molecular flexibility index (Phi) is 5.44. The standard InChI is InChI=1S/C18H25N3O3S/c1-25(23,24)21(15-6-2-3-7-15)13-18(22)19-11-10-14-12-20-17-9-5-4-8-16(14)17/h4-5,8-9,12,15,20H,2-3,6-7,10-11,13H2,1H3,(H,19,22). The summed E-state index contributed by atoms with van der Waals surface area (Å²) in [5.41, 5.74) is 2.22. The van der Waals surface area contributed by atoms with Crippen LogP contribution in [0.2, 0.25) is 0 Å². The number of carbonyl (C=O) groups excluding carboxylic acids is 1. The molecule has 0 saturated heterocycles. The highest BCUT2D eigenvalue weighted by Gasteiger charge is 2.30. The summed E-state index contributed by atoms with van der Waals surface area (Å²) >= 11 is 0. The third kappa shape index (κ3) is 4.41. The fourth-order valence-corrected chi connectivity index (χ4v) is 4.69. The predicted molar refractivity (Wildman–Crippen MR) is 98.8 cm³/mol. The molecule has 0 aliphatic heterocycles. The zero-order valence-corrected chi connectivity index (χ0v) is 15.3. The number of para-hydroxylation sites is 1. The van der Waals surface area contributed by atoms with Gasteiger partial charge < -0.3 is 10.3 Å². The van der Waals surface area contributed by atoms with Gasteiger partial charge in [0.05, 0.1) is 12.8 Å². The number of aromatic nitrogens is 1. The van der Waals surface area contributed by atoms with Crippen molar-refractivity contribution < 1.29 is 13.2 Å². The molecule has 1 amide bonds. The van der Waals surface area contributed by atoms with E-state index in [1.807, 2.05) is 24.4 Å². The van der Waals surface area contributed by atoms with Gasteiger partial charge in [0.15, 0.2) is 0 Å². The van der Waals surface area contributed by atoms with E-state index in [4.69, 9.17) is 0 Å². The lowest BCUT2D eigenvalue weighted by Crippen LogP contribution is -2.45. The van der Waals surface area contributed by atoms with Crippen LogP contribution in [0.4, 0.5) is 0 Å². The van der Waals surface area contributed by atoms with Gasteiger partial charge in [-0.2, -0.15) is 4.31 Å². The second kappa shape index (κ2) is 7.58. The van der Waals surface area contributed by atoms with Crippen molar-refractivity contribution in [2.45, 2.75) is 38.1 Å². The van der Waals surface area contributed by atoms with E-state index in [0.717, 1.165) is 42.1 Å². The third-order valence-electron chi connectivity index (χ3n) is 4.85. The van der Waals surface area contributed by atoms with E-state index in [-0.39, 0.29) is 18.5 Å². The van der Waals surface area contributed by atoms with Crippen molar-refractivity contribution in [3.63, 3.8) is 0 Å². The van der Waals surface area contributed by atoms with Crippen LogP contribution < -0.4 is 5.32 Å². The Morgan fingerprint density at radius 3 is 2.72 bits per heavy atom. The highest BCUT2D eigenvalue weighted by molar-refractivity contribution is 7.88. The second-order valence-electron chi connectivity index (χ2n) is 6.71. The molecule has 0 radical (unpaired) electrons. The van der Waals surface area contributed by atoms with Gasteiger partial charge in [0, 0.05) is 29.7 Å². The van der Waals surface area contributed by atoms with Gasteiger partial charge in [-0.1, -0.05) is 31.0 Å². The molecule has 7 heteroatoms. The molecule has 25 heavy (non-hydrogen) atoms. The first-order chi connectivity index (χ1) is 11.9. The van der Waals surface area contributed by atoms with Crippen molar-refractivity contribution in [2.24, 2.45) is 0 Å². The highest BCUT2D eigenvalue weighted by atomic mass is 32.2. The van der Waals surface area contributed by atoms with E-state index in [0.29, 0.717) is 13.0 Å². The molecule has 2 N–H and O–H groups in total. The Balaban J connectivity index is 1.55. The minimum absolute atomic E-state index is 0.0330. The SMILES string of the molecule is CS(=O)(=O)N(CC(=O)NCCc1c[nH]c2ccccc12)C1CCCC1. The number of benzene rings is 1. The molecule has 0 unspecified atom stereocenters. The quantitative estimate of drug-likeness (QED) is 0.790. The molecule has 1 heterocycles. The van der Waals surface area contributed by atoms with Crippen molar-refractivity contribution in [1.82, 2.24) is 14.6 Å². The Morgan fingerprint density at radius 2 is 2.00 bits per heavy atom. The van der Waals surface area contributed by atoms with Crippen LogP contribution in [0.1, 0.15) is 31.2 Å². The first kappa shape index (κ1) is 17.9. The summed E-state index contributed by atoms with van der Waals surface area (Å²) in [6.45, 7) is 0.403. The zero-order chi connectivity index (χ0) is 17.9. The van der Waals surface area contributed by atoms with E-state index in [2.05, 4.69) is 16.4 Å². The summed E-state index contributed by atoms with van der Waals surface area (Å²) in [6.07, 6.45) is 7.59. The molecular formula is C18H25N3O3S. The largest absolute Gasteiger partial charge is 0.361 e. The Morgan fingerprint density at radius 1 is 1.28 bits per heavy atom. The summed E-state index contributed by atoms with van der Waals surface area (Å²) < 4.78 is 25.4. The van der Waals surface area contributed by atoms with Crippen LogP contribution in [-0.4, -0.2) is 49.0 Å². The number of rotatable bonds is 7. The first-order valence-corrected chi connectivity index (χ1v) is 10.6. The summed E-state index contributed by atoms with van der Waals surface area (Å²) in [6, 6.07) is 8.00. The van der Waals surface area contributed by atoms with Crippen LogP contribution in [0.3, 0.4) is 0 Å². The molecule has 136 valence electrons.